The Kier molecular flexibility index (Phi) is 1.95. The largest absolute Gasteiger partial charge is 0.466 e. The van der Waals surface area contributed by atoms with Crippen LogP contribution in [0.5, 0.6) is 0 Å². The fourth-order valence-electron chi connectivity index (χ4n) is 2.24. The molecule has 1 aromatic rings. The third kappa shape index (κ3) is 1.39. The van der Waals surface area contributed by atoms with Crippen molar-refractivity contribution in [2.24, 2.45) is 5.73 Å². The molecule has 0 amide bonds. The molecule has 2 rings (SSSR count). The second-order valence-corrected chi connectivity index (χ2v) is 4.15. The van der Waals surface area contributed by atoms with Gasteiger partial charge in [0, 0.05) is 5.41 Å². The summed E-state index contributed by atoms with van der Waals surface area (Å²) in [5, 5.41) is 0. The summed E-state index contributed by atoms with van der Waals surface area (Å²) >= 11 is 0. The zero-order chi connectivity index (χ0) is 9.47. The van der Waals surface area contributed by atoms with Gasteiger partial charge in [0.1, 0.15) is 11.5 Å². The summed E-state index contributed by atoms with van der Waals surface area (Å²) in [4.78, 5) is 0. The van der Waals surface area contributed by atoms with Gasteiger partial charge in [0.05, 0.1) is 0 Å². The molecule has 13 heavy (non-hydrogen) atoms. The molecule has 2 nitrogen and oxygen atoms in total. The molecule has 0 bridgehead atoms. The van der Waals surface area contributed by atoms with Crippen molar-refractivity contribution in [2.75, 3.05) is 6.54 Å². The monoisotopic (exact) mass is 179 g/mol. The smallest absolute Gasteiger partial charge is 0.104 e. The van der Waals surface area contributed by atoms with Crippen molar-refractivity contribution in [3.05, 3.63) is 23.2 Å². The van der Waals surface area contributed by atoms with Gasteiger partial charge < -0.3 is 10.2 Å². The Bertz CT molecular complexity index is 310. The topological polar surface area (TPSA) is 39.2 Å². The predicted molar refractivity (Wildman–Crippen MR) is 52.8 cm³/mol. The van der Waals surface area contributed by atoms with Gasteiger partial charge in [0.15, 0.2) is 0 Å². The first-order chi connectivity index (χ1) is 6.18. The normalized spacial score (nSPS) is 19.0. The highest BCUT2D eigenvalue weighted by Gasteiger charge is 2.45. The molecule has 1 heterocycles. The number of rotatable bonds is 3. The SMILES string of the molecule is Cc1cc(C2(CCN)CC2)c(C)o1. The molecule has 72 valence electrons. The summed E-state index contributed by atoms with van der Waals surface area (Å²) < 4.78 is 5.55. The Morgan fingerprint density at radius 3 is 2.54 bits per heavy atom. The number of aryl methyl sites for hydroxylation is 2. The minimum Gasteiger partial charge on any atom is -0.466 e. The van der Waals surface area contributed by atoms with Crippen LogP contribution in [0, 0.1) is 13.8 Å². The van der Waals surface area contributed by atoms with E-state index in [4.69, 9.17) is 10.2 Å². The van der Waals surface area contributed by atoms with E-state index >= 15 is 0 Å². The fourth-order valence-corrected chi connectivity index (χ4v) is 2.24. The summed E-state index contributed by atoms with van der Waals surface area (Å²) in [6, 6.07) is 2.18. The van der Waals surface area contributed by atoms with Crippen LogP contribution in [0.15, 0.2) is 10.5 Å². The van der Waals surface area contributed by atoms with E-state index in [1.54, 1.807) is 0 Å². The molecule has 0 aliphatic heterocycles. The summed E-state index contributed by atoms with van der Waals surface area (Å²) in [6.07, 6.45) is 3.67. The second kappa shape index (κ2) is 2.88. The van der Waals surface area contributed by atoms with Crippen molar-refractivity contribution >= 4 is 0 Å². The van der Waals surface area contributed by atoms with Gasteiger partial charge in [0.2, 0.25) is 0 Å². The van der Waals surface area contributed by atoms with E-state index in [0.717, 1.165) is 24.5 Å². The first-order valence-electron chi connectivity index (χ1n) is 4.95. The van der Waals surface area contributed by atoms with Crippen LogP contribution in [0.3, 0.4) is 0 Å². The van der Waals surface area contributed by atoms with Crippen LogP contribution < -0.4 is 5.73 Å². The van der Waals surface area contributed by atoms with Crippen LogP contribution in [0.1, 0.15) is 36.3 Å². The highest BCUT2D eigenvalue weighted by atomic mass is 16.3. The van der Waals surface area contributed by atoms with Gasteiger partial charge in [0.25, 0.3) is 0 Å². The third-order valence-electron chi connectivity index (χ3n) is 3.09. The summed E-state index contributed by atoms with van der Waals surface area (Å²) in [6.45, 7) is 4.84. The summed E-state index contributed by atoms with van der Waals surface area (Å²) in [5.41, 5.74) is 7.40. The number of hydrogen-bond donors (Lipinski definition) is 1. The van der Waals surface area contributed by atoms with E-state index in [-0.39, 0.29) is 0 Å². The van der Waals surface area contributed by atoms with Crippen molar-refractivity contribution in [2.45, 2.75) is 38.5 Å². The lowest BCUT2D eigenvalue weighted by atomic mass is 9.93. The second-order valence-electron chi connectivity index (χ2n) is 4.15. The molecule has 0 atom stereocenters. The lowest BCUT2D eigenvalue weighted by molar-refractivity contribution is 0.493. The average Bonchev–Trinajstić information content (AvgIpc) is 2.74. The van der Waals surface area contributed by atoms with Crippen LogP contribution in [0.25, 0.3) is 0 Å². The Balaban J connectivity index is 2.29. The van der Waals surface area contributed by atoms with Gasteiger partial charge in [-0.05, 0) is 51.3 Å². The van der Waals surface area contributed by atoms with E-state index in [1.807, 2.05) is 6.92 Å². The van der Waals surface area contributed by atoms with Gasteiger partial charge >= 0.3 is 0 Å². The maximum Gasteiger partial charge on any atom is 0.104 e. The van der Waals surface area contributed by atoms with Gasteiger partial charge in [-0.25, -0.2) is 0 Å². The quantitative estimate of drug-likeness (QED) is 0.773. The first kappa shape index (κ1) is 8.82. The van der Waals surface area contributed by atoms with E-state index in [1.165, 1.54) is 18.4 Å². The van der Waals surface area contributed by atoms with Crippen molar-refractivity contribution in [3.8, 4) is 0 Å². The fraction of sp³-hybridized carbons (Fsp3) is 0.636. The highest BCUT2D eigenvalue weighted by molar-refractivity contribution is 5.34. The molecule has 2 heteroatoms. The Morgan fingerprint density at radius 2 is 2.15 bits per heavy atom. The molecule has 0 unspecified atom stereocenters. The van der Waals surface area contributed by atoms with Gasteiger partial charge in [-0.3, -0.25) is 0 Å². The van der Waals surface area contributed by atoms with Crippen LogP contribution in [0.4, 0.5) is 0 Å². The highest BCUT2D eigenvalue weighted by Crippen LogP contribution is 2.52. The molecule has 1 aliphatic carbocycles. The van der Waals surface area contributed by atoms with Crippen molar-refractivity contribution in [3.63, 3.8) is 0 Å². The lowest BCUT2D eigenvalue weighted by Gasteiger charge is -2.12. The van der Waals surface area contributed by atoms with Crippen molar-refractivity contribution in [1.82, 2.24) is 0 Å². The molecule has 0 aromatic carbocycles. The molecular formula is C11H17NO. The molecule has 1 saturated carbocycles. The summed E-state index contributed by atoms with van der Waals surface area (Å²) in [7, 11) is 0. The average molecular weight is 179 g/mol. The lowest BCUT2D eigenvalue weighted by Crippen LogP contribution is -2.13. The van der Waals surface area contributed by atoms with E-state index in [9.17, 15) is 0 Å². The third-order valence-corrected chi connectivity index (χ3v) is 3.09. The summed E-state index contributed by atoms with van der Waals surface area (Å²) in [5.74, 6) is 2.11. The van der Waals surface area contributed by atoms with E-state index in [0.29, 0.717) is 5.41 Å². The molecule has 1 aromatic heterocycles. The minimum absolute atomic E-state index is 0.386. The maximum atomic E-state index is 5.62. The van der Waals surface area contributed by atoms with Crippen molar-refractivity contribution in [1.29, 1.82) is 0 Å². The van der Waals surface area contributed by atoms with Crippen LogP contribution in [-0.4, -0.2) is 6.54 Å². The van der Waals surface area contributed by atoms with Crippen molar-refractivity contribution < 1.29 is 4.42 Å². The van der Waals surface area contributed by atoms with Gasteiger partial charge in [-0.15, -0.1) is 0 Å². The maximum absolute atomic E-state index is 5.62. The number of hydrogen-bond acceptors (Lipinski definition) is 2. The molecule has 2 N–H and O–H groups in total. The number of nitrogens with two attached hydrogens (primary N) is 1. The standard InChI is InChI=1S/C11H17NO/c1-8-7-10(9(2)13-8)11(3-4-11)5-6-12/h7H,3-6,12H2,1-2H3. The van der Waals surface area contributed by atoms with E-state index in [2.05, 4.69) is 13.0 Å². The minimum atomic E-state index is 0.386. The predicted octanol–water partition coefficient (Wildman–Crippen LogP) is 2.28. The molecule has 0 radical (unpaired) electrons. The van der Waals surface area contributed by atoms with Crippen LogP contribution in [0.2, 0.25) is 0 Å². The molecule has 1 fully saturated rings. The molecule has 0 saturated heterocycles. The zero-order valence-electron chi connectivity index (χ0n) is 8.39. The van der Waals surface area contributed by atoms with Gasteiger partial charge in [-0.2, -0.15) is 0 Å². The Labute approximate surface area is 79.1 Å². The Hall–Kier alpha value is -0.760. The zero-order valence-corrected chi connectivity index (χ0v) is 8.39. The molecular weight excluding hydrogens is 162 g/mol. The molecule has 0 spiro atoms. The number of furan rings is 1. The first-order valence-corrected chi connectivity index (χ1v) is 4.95. The van der Waals surface area contributed by atoms with E-state index < -0.39 is 0 Å². The van der Waals surface area contributed by atoms with Crippen LogP contribution in [-0.2, 0) is 5.41 Å². The molecule has 1 aliphatic rings. The Morgan fingerprint density at radius 1 is 1.46 bits per heavy atom. The van der Waals surface area contributed by atoms with Gasteiger partial charge in [-0.1, -0.05) is 0 Å². The van der Waals surface area contributed by atoms with Crippen LogP contribution >= 0.6 is 0 Å².